The third kappa shape index (κ3) is 1.85. The molecule has 0 aliphatic carbocycles. The number of carboxylic acid groups (broad SMARTS) is 1. The van der Waals surface area contributed by atoms with Crippen molar-refractivity contribution in [2.45, 2.75) is 13.3 Å². The fourth-order valence-electron chi connectivity index (χ4n) is 1.06. The summed E-state index contributed by atoms with van der Waals surface area (Å²) >= 11 is 3.23. The van der Waals surface area contributed by atoms with Crippen LogP contribution in [0.4, 0.5) is 0 Å². The van der Waals surface area contributed by atoms with E-state index in [2.05, 4.69) is 15.9 Å². The molecular weight excluding hydrogens is 220 g/mol. The van der Waals surface area contributed by atoms with E-state index in [1.165, 1.54) is 0 Å². The van der Waals surface area contributed by atoms with E-state index < -0.39 is 5.97 Å². The summed E-state index contributed by atoms with van der Waals surface area (Å²) in [6.45, 7) is 1.94. The third-order valence-electron chi connectivity index (χ3n) is 1.68. The summed E-state index contributed by atoms with van der Waals surface area (Å²) < 4.78 is 0.803. The van der Waals surface area contributed by atoms with Crippen LogP contribution in [0, 0.1) is 0 Å². The van der Waals surface area contributed by atoms with Gasteiger partial charge in [0, 0.05) is 4.47 Å². The largest absolute Gasteiger partial charge is 0.478 e. The van der Waals surface area contributed by atoms with E-state index in [9.17, 15) is 4.79 Å². The lowest BCUT2D eigenvalue weighted by Gasteiger charge is -2.02. The van der Waals surface area contributed by atoms with E-state index in [-0.39, 0.29) is 0 Å². The molecule has 0 unspecified atom stereocenters. The molecule has 0 amide bonds. The first-order valence-corrected chi connectivity index (χ1v) is 4.46. The highest BCUT2D eigenvalue weighted by Gasteiger charge is 2.07. The predicted molar refractivity (Wildman–Crippen MR) is 50.5 cm³/mol. The Balaban J connectivity index is 3.21. The molecule has 2 nitrogen and oxygen atoms in total. The molecule has 1 N–H and O–H groups in total. The maximum Gasteiger partial charge on any atom is 0.336 e. The summed E-state index contributed by atoms with van der Waals surface area (Å²) in [4.78, 5) is 10.7. The molecule has 1 aromatic rings. The molecule has 0 saturated carbocycles. The Morgan fingerprint density at radius 3 is 2.75 bits per heavy atom. The molecule has 1 rings (SSSR count). The Kier molecular flexibility index (Phi) is 2.87. The fourth-order valence-corrected chi connectivity index (χ4v) is 1.42. The highest BCUT2D eigenvalue weighted by molar-refractivity contribution is 9.10. The van der Waals surface area contributed by atoms with Crippen molar-refractivity contribution < 1.29 is 9.90 Å². The molecule has 0 atom stereocenters. The van der Waals surface area contributed by atoms with Crippen LogP contribution in [0.5, 0.6) is 0 Å². The summed E-state index contributed by atoms with van der Waals surface area (Å²) in [5.74, 6) is -0.867. The molecule has 0 spiro atoms. The van der Waals surface area contributed by atoms with Crippen LogP contribution in [-0.2, 0) is 6.42 Å². The van der Waals surface area contributed by atoms with Crippen LogP contribution in [-0.4, -0.2) is 11.1 Å². The van der Waals surface area contributed by atoms with Crippen molar-refractivity contribution in [2.75, 3.05) is 0 Å². The van der Waals surface area contributed by atoms with Crippen LogP contribution in [0.2, 0.25) is 0 Å². The van der Waals surface area contributed by atoms with Crippen LogP contribution in [0.3, 0.4) is 0 Å². The normalized spacial score (nSPS) is 9.83. The van der Waals surface area contributed by atoms with Gasteiger partial charge in [0.25, 0.3) is 0 Å². The molecule has 0 aliphatic heterocycles. The van der Waals surface area contributed by atoms with Gasteiger partial charge < -0.3 is 5.11 Å². The van der Waals surface area contributed by atoms with E-state index in [0.717, 1.165) is 16.5 Å². The quantitative estimate of drug-likeness (QED) is 0.846. The molecule has 1 aromatic carbocycles. The number of hydrogen-bond donors (Lipinski definition) is 1. The van der Waals surface area contributed by atoms with Gasteiger partial charge in [0.1, 0.15) is 0 Å². The Morgan fingerprint density at radius 2 is 2.25 bits per heavy atom. The molecule has 64 valence electrons. The third-order valence-corrected chi connectivity index (χ3v) is 2.18. The smallest absolute Gasteiger partial charge is 0.336 e. The second kappa shape index (κ2) is 3.72. The van der Waals surface area contributed by atoms with Gasteiger partial charge in [-0.25, -0.2) is 4.79 Å². The van der Waals surface area contributed by atoms with Crippen LogP contribution in [0.1, 0.15) is 22.8 Å². The molecule has 0 fully saturated rings. The highest BCUT2D eigenvalue weighted by Crippen LogP contribution is 2.16. The van der Waals surface area contributed by atoms with Crippen molar-refractivity contribution in [3.05, 3.63) is 33.8 Å². The Labute approximate surface area is 79.3 Å². The molecule has 3 heteroatoms. The topological polar surface area (TPSA) is 37.3 Å². The van der Waals surface area contributed by atoms with Crippen molar-refractivity contribution in [1.82, 2.24) is 0 Å². The summed E-state index contributed by atoms with van der Waals surface area (Å²) in [5.41, 5.74) is 1.25. The maximum absolute atomic E-state index is 10.7. The average molecular weight is 229 g/mol. The number of benzene rings is 1. The predicted octanol–water partition coefficient (Wildman–Crippen LogP) is 2.71. The van der Waals surface area contributed by atoms with Gasteiger partial charge in [-0.1, -0.05) is 28.9 Å². The van der Waals surface area contributed by atoms with Crippen molar-refractivity contribution >= 4 is 21.9 Å². The number of hydrogen-bond acceptors (Lipinski definition) is 1. The number of aryl methyl sites for hydroxylation is 1. The minimum Gasteiger partial charge on any atom is -0.478 e. The Bertz CT molecular complexity index is 307. The molecule has 0 aliphatic rings. The van der Waals surface area contributed by atoms with Gasteiger partial charge in [0.05, 0.1) is 5.56 Å². The van der Waals surface area contributed by atoms with Gasteiger partial charge in [-0.15, -0.1) is 0 Å². The van der Waals surface area contributed by atoms with Gasteiger partial charge >= 0.3 is 5.97 Å². The monoisotopic (exact) mass is 228 g/mol. The fraction of sp³-hybridized carbons (Fsp3) is 0.222. The van der Waals surface area contributed by atoms with E-state index >= 15 is 0 Å². The number of rotatable bonds is 2. The van der Waals surface area contributed by atoms with Crippen LogP contribution >= 0.6 is 15.9 Å². The van der Waals surface area contributed by atoms with Gasteiger partial charge in [-0.2, -0.15) is 0 Å². The van der Waals surface area contributed by atoms with Crippen LogP contribution < -0.4 is 0 Å². The second-order valence-electron chi connectivity index (χ2n) is 2.46. The molecule has 0 aromatic heterocycles. The summed E-state index contributed by atoms with van der Waals surface area (Å²) in [7, 11) is 0. The lowest BCUT2D eigenvalue weighted by molar-refractivity contribution is 0.0695. The van der Waals surface area contributed by atoms with E-state index in [0.29, 0.717) is 5.56 Å². The molecule has 0 bridgehead atoms. The molecule has 0 saturated heterocycles. The van der Waals surface area contributed by atoms with Crippen molar-refractivity contribution in [3.63, 3.8) is 0 Å². The number of halogens is 1. The van der Waals surface area contributed by atoms with Gasteiger partial charge in [0.2, 0.25) is 0 Å². The Morgan fingerprint density at radius 1 is 1.58 bits per heavy atom. The maximum atomic E-state index is 10.7. The van der Waals surface area contributed by atoms with Gasteiger partial charge in [-0.3, -0.25) is 0 Å². The summed E-state index contributed by atoms with van der Waals surface area (Å²) in [6.07, 6.45) is 0.745. The minimum atomic E-state index is -0.867. The van der Waals surface area contributed by atoms with E-state index in [4.69, 9.17) is 5.11 Å². The average Bonchev–Trinajstić information content (AvgIpc) is 2.04. The van der Waals surface area contributed by atoms with E-state index in [1.54, 1.807) is 6.07 Å². The molecular formula is C9H9BrO2. The van der Waals surface area contributed by atoms with Crippen LogP contribution in [0.15, 0.2) is 22.7 Å². The minimum absolute atomic E-state index is 0.381. The zero-order valence-corrected chi connectivity index (χ0v) is 8.26. The molecule has 0 radical (unpaired) electrons. The number of carbonyl (C=O) groups is 1. The van der Waals surface area contributed by atoms with Crippen molar-refractivity contribution in [3.8, 4) is 0 Å². The summed E-state index contributed by atoms with van der Waals surface area (Å²) in [5, 5.41) is 8.80. The first kappa shape index (κ1) is 9.26. The standard InChI is InChI=1S/C9H9BrO2/c1-2-6-3-4-7(10)5-8(6)9(11)12/h3-5H,2H2,1H3,(H,11,12). The zero-order chi connectivity index (χ0) is 9.14. The number of carboxylic acids is 1. The lowest BCUT2D eigenvalue weighted by Crippen LogP contribution is -2.01. The first-order chi connectivity index (χ1) is 5.65. The second-order valence-corrected chi connectivity index (χ2v) is 3.38. The Hall–Kier alpha value is -0.830. The first-order valence-electron chi connectivity index (χ1n) is 3.67. The van der Waals surface area contributed by atoms with Gasteiger partial charge in [0.15, 0.2) is 0 Å². The van der Waals surface area contributed by atoms with E-state index in [1.807, 2.05) is 19.1 Å². The van der Waals surface area contributed by atoms with Crippen molar-refractivity contribution in [1.29, 1.82) is 0 Å². The highest BCUT2D eigenvalue weighted by atomic mass is 79.9. The molecule has 12 heavy (non-hydrogen) atoms. The molecule has 0 heterocycles. The lowest BCUT2D eigenvalue weighted by atomic mass is 10.1. The van der Waals surface area contributed by atoms with Crippen molar-refractivity contribution in [2.24, 2.45) is 0 Å². The number of aromatic carboxylic acids is 1. The zero-order valence-electron chi connectivity index (χ0n) is 6.67. The summed E-state index contributed by atoms with van der Waals surface area (Å²) in [6, 6.07) is 5.31. The van der Waals surface area contributed by atoms with Gasteiger partial charge in [-0.05, 0) is 24.1 Å². The van der Waals surface area contributed by atoms with Crippen LogP contribution in [0.25, 0.3) is 0 Å². The SMILES string of the molecule is CCc1ccc(Br)cc1C(=O)O.